The number of para-hydroxylation sites is 1. The van der Waals surface area contributed by atoms with Crippen LogP contribution in [0, 0.1) is 10.1 Å². The van der Waals surface area contributed by atoms with Crippen molar-refractivity contribution >= 4 is 5.69 Å². The zero-order valence-corrected chi connectivity index (χ0v) is 7.95. The molecule has 0 spiro atoms. The van der Waals surface area contributed by atoms with E-state index in [1.54, 1.807) is 6.07 Å². The van der Waals surface area contributed by atoms with Crippen molar-refractivity contribution in [1.29, 1.82) is 0 Å². The Morgan fingerprint density at radius 3 is 2.93 bits per heavy atom. The summed E-state index contributed by atoms with van der Waals surface area (Å²) in [6.45, 7) is -0.0655. The third-order valence-electron chi connectivity index (χ3n) is 1.79. The van der Waals surface area contributed by atoms with Gasteiger partial charge < -0.3 is 4.74 Å². The number of rotatable bonds is 4. The topological polar surface area (TPSA) is 101 Å². The normalized spacial score (nSPS) is 9.13. The van der Waals surface area contributed by atoms with Gasteiger partial charge >= 0.3 is 5.69 Å². The molecule has 7 nitrogen and oxygen atoms in total. The second kappa shape index (κ2) is 4.83. The molecule has 0 fully saturated rings. The van der Waals surface area contributed by atoms with Gasteiger partial charge in [0.05, 0.1) is 18.6 Å². The predicted octanol–water partition coefficient (Wildman–Crippen LogP) is 2.41. The lowest BCUT2D eigenvalue weighted by Crippen LogP contribution is -1.98. The number of nitrogens with zero attached hydrogens (tertiary/aromatic N) is 4. The average molecular weight is 208 g/mol. The number of nitro benzene ring substituents is 1. The minimum Gasteiger partial charge on any atom is -0.490 e. The third-order valence-corrected chi connectivity index (χ3v) is 1.79. The predicted molar refractivity (Wildman–Crippen MR) is 52.5 cm³/mol. The molecule has 78 valence electrons. The zero-order chi connectivity index (χ0) is 11.3. The lowest BCUT2D eigenvalue weighted by molar-refractivity contribution is -0.386. The Balaban J connectivity index is 3.24. The molecule has 7 heteroatoms. The smallest absolute Gasteiger partial charge is 0.314 e. The molecular formula is C8H8N4O3. The standard InChI is InChI=1S/C8H8N4O3/c1-15-7-4-2-3-6(5-10-11-9)8(7)12(13)14/h2-4H,5H2,1H3. The molecule has 0 saturated heterocycles. The Hall–Kier alpha value is -2.27. The molecule has 1 aromatic rings. The molecule has 15 heavy (non-hydrogen) atoms. The summed E-state index contributed by atoms with van der Waals surface area (Å²) in [5.41, 5.74) is 8.31. The number of azide groups is 1. The summed E-state index contributed by atoms with van der Waals surface area (Å²) in [5.74, 6) is 0.158. The lowest BCUT2D eigenvalue weighted by Gasteiger charge is -2.04. The molecule has 0 aliphatic rings. The number of hydrogen-bond donors (Lipinski definition) is 0. The molecule has 1 aromatic carbocycles. The van der Waals surface area contributed by atoms with Gasteiger partial charge in [-0.1, -0.05) is 17.2 Å². The van der Waals surface area contributed by atoms with Crippen LogP contribution in [0.5, 0.6) is 5.75 Å². The second-order valence-electron chi connectivity index (χ2n) is 2.61. The van der Waals surface area contributed by atoms with Gasteiger partial charge in [-0.15, -0.1) is 0 Å². The number of benzene rings is 1. The van der Waals surface area contributed by atoms with Crippen molar-refractivity contribution in [2.75, 3.05) is 7.11 Å². The van der Waals surface area contributed by atoms with E-state index in [9.17, 15) is 10.1 Å². The number of ether oxygens (including phenoxy) is 1. The number of methoxy groups -OCH3 is 1. The fourth-order valence-corrected chi connectivity index (χ4v) is 1.18. The molecule has 0 bridgehead atoms. The van der Waals surface area contributed by atoms with Crippen molar-refractivity contribution in [3.05, 3.63) is 44.3 Å². The van der Waals surface area contributed by atoms with E-state index in [-0.39, 0.29) is 18.0 Å². The van der Waals surface area contributed by atoms with Gasteiger partial charge in [0.1, 0.15) is 0 Å². The van der Waals surface area contributed by atoms with Gasteiger partial charge in [-0.25, -0.2) is 0 Å². The maximum absolute atomic E-state index is 10.8. The Labute approximate surface area is 85.1 Å². The highest BCUT2D eigenvalue weighted by molar-refractivity contribution is 5.52. The Morgan fingerprint density at radius 1 is 1.67 bits per heavy atom. The fraction of sp³-hybridized carbons (Fsp3) is 0.250. The van der Waals surface area contributed by atoms with Crippen molar-refractivity contribution in [2.45, 2.75) is 6.54 Å². The van der Waals surface area contributed by atoms with E-state index in [1.807, 2.05) is 0 Å². The molecule has 0 heterocycles. The van der Waals surface area contributed by atoms with Gasteiger partial charge in [-0.05, 0) is 11.6 Å². The summed E-state index contributed by atoms with van der Waals surface area (Å²) in [4.78, 5) is 12.7. The Bertz CT molecular complexity index is 426. The Morgan fingerprint density at radius 2 is 2.40 bits per heavy atom. The van der Waals surface area contributed by atoms with Crippen LogP contribution in [-0.4, -0.2) is 12.0 Å². The monoisotopic (exact) mass is 208 g/mol. The molecule has 0 amide bonds. The van der Waals surface area contributed by atoms with Gasteiger partial charge in [-0.3, -0.25) is 10.1 Å². The van der Waals surface area contributed by atoms with Crippen LogP contribution in [0.25, 0.3) is 10.4 Å². The molecule has 0 aliphatic carbocycles. The maximum Gasteiger partial charge on any atom is 0.314 e. The molecule has 1 rings (SSSR count). The highest BCUT2D eigenvalue weighted by Crippen LogP contribution is 2.30. The molecular weight excluding hydrogens is 200 g/mol. The van der Waals surface area contributed by atoms with E-state index < -0.39 is 4.92 Å². The number of nitro groups is 1. The molecule has 0 aliphatic heterocycles. The summed E-state index contributed by atoms with van der Waals surface area (Å²) in [6.07, 6.45) is 0. The van der Waals surface area contributed by atoms with Gasteiger partial charge in [0.25, 0.3) is 0 Å². The maximum atomic E-state index is 10.8. The lowest BCUT2D eigenvalue weighted by atomic mass is 10.1. The second-order valence-corrected chi connectivity index (χ2v) is 2.61. The minimum atomic E-state index is -0.555. The van der Waals surface area contributed by atoms with E-state index in [0.29, 0.717) is 5.56 Å². The fourth-order valence-electron chi connectivity index (χ4n) is 1.18. The van der Waals surface area contributed by atoms with E-state index in [1.165, 1.54) is 19.2 Å². The summed E-state index contributed by atoms with van der Waals surface area (Å²) in [7, 11) is 1.35. The van der Waals surface area contributed by atoms with Crippen molar-refractivity contribution in [3.8, 4) is 5.75 Å². The first-order valence-corrected chi connectivity index (χ1v) is 4.01. The first kappa shape index (κ1) is 10.8. The summed E-state index contributed by atoms with van der Waals surface area (Å²) in [6, 6.07) is 4.61. The minimum absolute atomic E-state index is 0.0655. The van der Waals surface area contributed by atoms with Gasteiger partial charge in [0, 0.05) is 10.5 Å². The Kier molecular flexibility index (Phi) is 3.48. The van der Waals surface area contributed by atoms with E-state index in [4.69, 9.17) is 10.3 Å². The highest BCUT2D eigenvalue weighted by Gasteiger charge is 2.19. The van der Waals surface area contributed by atoms with Crippen molar-refractivity contribution in [3.63, 3.8) is 0 Å². The summed E-state index contributed by atoms with van der Waals surface area (Å²) >= 11 is 0. The zero-order valence-electron chi connectivity index (χ0n) is 7.95. The summed E-state index contributed by atoms with van der Waals surface area (Å²) < 4.78 is 4.85. The first-order valence-electron chi connectivity index (χ1n) is 4.01. The van der Waals surface area contributed by atoms with E-state index >= 15 is 0 Å². The van der Waals surface area contributed by atoms with Crippen molar-refractivity contribution < 1.29 is 9.66 Å². The molecule has 0 saturated carbocycles. The van der Waals surface area contributed by atoms with Crippen LogP contribution in [0.4, 0.5) is 5.69 Å². The van der Waals surface area contributed by atoms with Crippen LogP contribution in [-0.2, 0) is 6.54 Å². The first-order chi connectivity index (χ1) is 7.20. The van der Waals surface area contributed by atoms with Gasteiger partial charge in [0.2, 0.25) is 0 Å². The van der Waals surface area contributed by atoms with Crippen molar-refractivity contribution in [2.24, 2.45) is 5.11 Å². The van der Waals surface area contributed by atoms with Crippen LogP contribution in [0.1, 0.15) is 5.56 Å². The number of hydrogen-bond acceptors (Lipinski definition) is 4. The van der Waals surface area contributed by atoms with Crippen LogP contribution < -0.4 is 4.74 Å². The molecule has 0 radical (unpaired) electrons. The van der Waals surface area contributed by atoms with Crippen molar-refractivity contribution in [1.82, 2.24) is 0 Å². The largest absolute Gasteiger partial charge is 0.490 e. The third kappa shape index (κ3) is 2.35. The molecule has 0 unspecified atom stereocenters. The molecule has 0 aromatic heterocycles. The SMILES string of the molecule is COc1cccc(CN=[N+]=[N-])c1[N+](=O)[O-]. The van der Waals surface area contributed by atoms with Crippen LogP contribution in [0.15, 0.2) is 23.3 Å². The average Bonchev–Trinajstić information content (AvgIpc) is 2.25. The quantitative estimate of drug-likeness (QED) is 0.249. The van der Waals surface area contributed by atoms with Crippen LogP contribution >= 0.6 is 0 Å². The van der Waals surface area contributed by atoms with Gasteiger partial charge in [0.15, 0.2) is 5.75 Å². The highest BCUT2D eigenvalue weighted by atomic mass is 16.6. The molecule has 0 N–H and O–H groups in total. The van der Waals surface area contributed by atoms with E-state index in [0.717, 1.165) is 0 Å². The van der Waals surface area contributed by atoms with Gasteiger partial charge in [-0.2, -0.15) is 0 Å². The van der Waals surface area contributed by atoms with Crippen LogP contribution in [0.3, 0.4) is 0 Å². The van der Waals surface area contributed by atoms with Crippen LogP contribution in [0.2, 0.25) is 0 Å². The van der Waals surface area contributed by atoms with E-state index in [2.05, 4.69) is 10.0 Å². The molecule has 0 atom stereocenters. The summed E-state index contributed by atoms with van der Waals surface area (Å²) in [5, 5.41) is 14.0.